The molecule has 6 rings (SSSR count). The van der Waals surface area contributed by atoms with Gasteiger partial charge in [-0.1, -0.05) is 50.2 Å². The molecule has 0 amide bonds. The zero-order valence-corrected chi connectivity index (χ0v) is 19.0. The summed E-state index contributed by atoms with van der Waals surface area (Å²) in [6.45, 7) is 6.67. The van der Waals surface area contributed by atoms with Crippen molar-refractivity contribution in [3.05, 3.63) is 72.3 Å². The Labute approximate surface area is 189 Å². The van der Waals surface area contributed by atoms with Gasteiger partial charge >= 0.3 is 5.97 Å². The van der Waals surface area contributed by atoms with Crippen LogP contribution in [0.1, 0.15) is 45.3 Å². The minimum Gasteiger partial charge on any atom is -0.458 e. The van der Waals surface area contributed by atoms with Crippen LogP contribution in [0.3, 0.4) is 0 Å². The molecule has 0 N–H and O–H groups in total. The quantitative estimate of drug-likeness (QED) is 0.250. The highest BCUT2D eigenvalue weighted by atomic mass is 16.5. The topological polar surface area (TPSA) is 26.3 Å². The molecule has 6 unspecified atom stereocenters. The van der Waals surface area contributed by atoms with Gasteiger partial charge in [0.05, 0.1) is 5.92 Å². The Morgan fingerprint density at radius 3 is 2.00 bits per heavy atom. The van der Waals surface area contributed by atoms with E-state index < -0.39 is 0 Å². The number of esters is 1. The molecule has 2 saturated carbocycles. The third kappa shape index (κ3) is 3.11. The first-order chi connectivity index (χ1) is 15.5. The van der Waals surface area contributed by atoms with Crippen LogP contribution in [0, 0.1) is 29.6 Å². The minimum absolute atomic E-state index is 0.00817. The third-order valence-corrected chi connectivity index (χ3v) is 8.65. The van der Waals surface area contributed by atoms with Crippen LogP contribution in [0.2, 0.25) is 0 Å². The fraction of sp³-hybridized carbons (Fsp3) is 0.367. The van der Waals surface area contributed by atoms with Gasteiger partial charge in [-0.15, -0.1) is 0 Å². The minimum atomic E-state index is -0.231. The number of carbonyl (C=O) groups is 1. The molecule has 0 spiro atoms. The number of ether oxygens (including phenoxy) is 1. The van der Waals surface area contributed by atoms with Crippen LogP contribution in [-0.2, 0) is 9.53 Å². The van der Waals surface area contributed by atoms with Gasteiger partial charge in [0.1, 0.15) is 6.10 Å². The van der Waals surface area contributed by atoms with E-state index in [1.54, 1.807) is 0 Å². The first kappa shape index (κ1) is 19.8. The summed E-state index contributed by atoms with van der Waals surface area (Å²) in [5, 5.41) is 7.42. The van der Waals surface area contributed by atoms with E-state index in [1.807, 2.05) is 6.92 Å². The van der Waals surface area contributed by atoms with Gasteiger partial charge in [-0.25, -0.2) is 0 Å². The van der Waals surface area contributed by atoms with Gasteiger partial charge in [-0.05, 0) is 112 Å². The second-order valence-electron chi connectivity index (χ2n) is 10.3. The van der Waals surface area contributed by atoms with Crippen molar-refractivity contribution in [2.45, 2.75) is 39.7 Å². The van der Waals surface area contributed by atoms with E-state index in [2.05, 4.69) is 80.6 Å². The lowest BCUT2D eigenvalue weighted by Gasteiger charge is -2.31. The maximum Gasteiger partial charge on any atom is 0.309 e. The molecule has 2 bridgehead atoms. The number of hydrogen-bond donors (Lipinski definition) is 0. The molecule has 162 valence electrons. The zero-order valence-electron chi connectivity index (χ0n) is 19.0. The maximum absolute atomic E-state index is 13.0. The highest BCUT2D eigenvalue weighted by Gasteiger charge is 2.51. The van der Waals surface area contributed by atoms with Crippen LogP contribution < -0.4 is 0 Å². The molecule has 6 atom stereocenters. The van der Waals surface area contributed by atoms with Crippen LogP contribution in [0.5, 0.6) is 0 Å². The number of hydrogen-bond acceptors (Lipinski definition) is 2. The molecule has 0 heterocycles. The molecule has 0 saturated heterocycles. The molecule has 2 nitrogen and oxygen atoms in total. The Balaban J connectivity index is 1.27. The lowest BCUT2D eigenvalue weighted by atomic mass is 9.76. The summed E-state index contributed by atoms with van der Waals surface area (Å²) in [7, 11) is 0. The van der Waals surface area contributed by atoms with E-state index in [0.29, 0.717) is 17.8 Å². The Hall–Kier alpha value is -2.87. The number of carbonyl (C=O) groups excluding carboxylic acids is 1. The smallest absolute Gasteiger partial charge is 0.309 e. The summed E-state index contributed by atoms with van der Waals surface area (Å²) in [5.74, 6) is 2.68. The Morgan fingerprint density at radius 2 is 1.38 bits per heavy atom. The highest BCUT2D eigenvalue weighted by molar-refractivity contribution is 6.04. The molecule has 0 radical (unpaired) electrons. The van der Waals surface area contributed by atoms with Crippen molar-refractivity contribution >= 4 is 38.3 Å². The molecule has 2 heteroatoms. The predicted molar refractivity (Wildman–Crippen MR) is 131 cm³/mol. The summed E-state index contributed by atoms with van der Waals surface area (Å²) in [4.78, 5) is 13.0. The van der Waals surface area contributed by atoms with Gasteiger partial charge in [0.2, 0.25) is 0 Å². The molecule has 2 aliphatic carbocycles. The average Bonchev–Trinajstić information content (AvgIpc) is 3.35. The molecule has 32 heavy (non-hydrogen) atoms. The Bertz CT molecular complexity index is 1350. The summed E-state index contributed by atoms with van der Waals surface area (Å²) in [6, 6.07) is 24.0. The van der Waals surface area contributed by atoms with Crippen molar-refractivity contribution in [2.24, 2.45) is 29.6 Å². The largest absolute Gasteiger partial charge is 0.458 e. The molecule has 4 aromatic carbocycles. The first-order valence-corrected chi connectivity index (χ1v) is 12.0. The normalized spacial score (nSPS) is 27.9. The number of rotatable bonds is 3. The summed E-state index contributed by atoms with van der Waals surface area (Å²) in [5.41, 5.74) is 1.07. The van der Waals surface area contributed by atoms with Gasteiger partial charge in [-0.2, -0.15) is 0 Å². The second-order valence-corrected chi connectivity index (χ2v) is 10.3. The van der Waals surface area contributed by atoms with Gasteiger partial charge < -0.3 is 4.74 Å². The SMILES string of the molecule is CC(OC(=O)C1CC2CC1C(C)C2C)c1ccc2cc3cc4ccccc4cc3cc2c1. The fourth-order valence-electron chi connectivity index (χ4n) is 6.50. The summed E-state index contributed by atoms with van der Waals surface area (Å²) in [6.07, 6.45) is 1.99. The molecule has 2 fully saturated rings. The Morgan fingerprint density at radius 1 is 0.781 bits per heavy atom. The van der Waals surface area contributed by atoms with Crippen molar-refractivity contribution in [3.8, 4) is 0 Å². The van der Waals surface area contributed by atoms with Crippen LogP contribution >= 0.6 is 0 Å². The lowest BCUT2D eigenvalue weighted by molar-refractivity contribution is -0.156. The fourth-order valence-corrected chi connectivity index (χ4v) is 6.50. The molecule has 0 aromatic heterocycles. The van der Waals surface area contributed by atoms with Crippen LogP contribution in [0.15, 0.2) is 66.7 Å². The molecule has 4 aromatic rings. The maximum atomic E-state index is 13.0. The second kappa shape index (κ2) is 7.33. The van der Waals surface area contributed by atoms with Crippen molar-refractivity contribution < 1.29 is 9.53 Å². The molecule has 0 aliphatic heterocycles. The van der Waals surface area contributed by atoms with E-state index in [0.717, 1.165) is 17.9 Å². The standard InChI is InChI=1S/C30H30O2/c1-17-18(2)28-15-24(17)16-29(28)30(31)32-19(3)20-8-9-23-13-26-11-21-6-4-5-7-22(21)12-27(26)14-25(23)10-20/h4-14,17-19,24,28-29H,15-16H2,1-3H3. The molecule has 2 aliphatic rings. The summed E-state index contributed by atoms with van der Waals surface area (Å²) >= 11 is 0. The molecular formula is C30H30O2. The predicted octanol–water partition coefficient (Wildman–Crippen LogP) is 7.68. The average molecular weight is 423 g/mol. The monoisotopic (exact) mass is 422 g/mol. The Kier molecular flexibility index (Phi) is 4.54. The highest BCUT2D eigenvalue weighted by Crippen LogP contribution is 2.55. The van der Waals surface area contributed by atoms with E-state index in [4.69, 9.17) is 4.74 Å². The van der Waals surface area contributed by atoms with Gasteiger partial charge in [-0.3, -0.25) is 4.79 Å². The zero-order chi connectivity index (χ0) is 22.0. The van der Waals surface area contributed by atoms with Crippen LogP contribution in [-0.4, -0.2) is 5.97 Å². The number of fused-ring (bicyclic) bond motifs is 5. The lowest BCUT2D eigenvalue weighted by Crippen LogP contribution is -2.31. The van der Waals surface area contributed by atoms with Gasteiger partial charge in [0.15, 0.2) is 0 Å². The van der Waals surface area contributed by atoms with Crippen molar-refractivity contribution in [2.75, 3.05) is 0 Å². The summed E-state index contributed by atoms with van der Waals surface area (Å²) < 4.78 is 6.01. The van der Waals surface area contributed by atoms with Gasteiger partial charge in [0.25, 0.3) is 0 Å². The van der Waals surface area contributed by atoms with E-state index >= 15 is 0 Å². The van der Waals surface area contributed by atoms with E-state index in [-0.39, 0.29) is 18.0 Å². The first-order valence-electron chi connectivity index (χ1n) is 12.0. The number of benzene rings is 4. The van der Waals surface area contributed by atoms with Crippen molar-refractivity contribution in [1.82, 2.24) is 0 Å². The van der Waals surface area contributed by atoms with Crippen LogP contribution in [0.25, 0.3) is 32.3 Å². The van der Waals surface area contributed by atoms with Crippen molar-refractivity contribution in [3.63, 3.8) is 0 Å². The van der Waals surface area contributed by atoms with Crippen molar-refractivity contribution in [1.29, 1.82) is 0 Å². The van der Waals surface area contributed by atoms with E-state index in [9.17, 15) is 4.79 Å². The third-order valence-electron chi connectivity index (χ3n) is 8.65. The van der Waals surface area contributed by atoms with Crippen LogP contribution in [0.4, 0.5) is 0 Å². The van der Waals surface area contributed by atoms with Gasteiger partial charge in [0, 0.05) is 0 Å². The van der Waals surface area contributed by atoms with E-state index in [1.165, 1.54) is 38.7 Å². The molecular weight excluding hydrogens is 392 g/mol.